The first-order chi connectivity index (χ1) is 52.6. The third-order valence-electron chi connectivity index (χ3n) is 20.7. The summed E-state index contributed by atoms with van der Waals surface area (Å²) in [7, 11) is 0. The first-order valence-electron chi connectivity index (χ1n) is 38.4. The minimum atomic E-state index is -2.45. The van der Waals surface area contributed by atoms with Gasteiger partial charge in [-0.05, 0) is 75.0 Å². The average molecular weight is 1580 g/mol. The summed E-state index contributed by atoms with van der Waals surface area (Å²) in [4.78, 5) is 157. The van der Waals surface area contributed by atoms with Gasteiger partial charge in [0.1, 0.15) is 97.0 Å². The molecule has 1 aromatic rings. The zero-order chi connectivity index (χ0) is 81.9. The molecule has 11 amide bonds. The number of nitrogens with zero attached hydrogens (tertiary/aromatic N) is 2. The highest BCUT2D eigenvalue weighted by atomic mass is 16.5. The molecule has 6 rings (SSSR count). The summed E-state index contributed by atoms with van der Waals surface area (Å²) in [6.45, 7) is 4.63. The molecule has 0 aliphatic carbocycles. The normalized spacial score (nSPS) is 30.3. The molecule has 39 nitrogen and oxygen atoms in total. The van der Waals surface area contributed by atoms with Crippen LogP contribution in [-0.4, -0.2) is 320 Å². The van der Waals surface area contributed by atoms with E-state index in [4.69, 9.17) is 9.47 Å². The number of phenolic OH excluding ortho intramolecular Hbond substituents is 1. The van der Waals surface area contributed by atoms with Gasteiger partial charge in [0.25, 0.3) is 0 Å². The van der Waals surface area contributed by atoms with E-state index in [0.29, 0.717) is 24.7 Å². The standard InChI is InChI=1S/C72H118N12O27/c1-5-36(2)30-37(3)14-10-8-6-7-9-11-15-51(95)76-42-32-46(90)64(75-28-27-74-50(94)17-13-19-53(97)78-70-63(103)60(100)48(92)35-111-70)82-68(107)57-45(89)25-29-83(57)72(109)55(44(88)24-26-73-49(93)16-12-18-52(96)77-69-62(102)59(99)47(91)34-110-69)80-67(106)56(61(101)58(98)39-20-22-40(86)23-21-39)81-66(105)43-31-41(87)33-84(43)71(108)54(38(4)85)79-65(42)104/h20-23,36-38,41-48,54-64,69-70,75,85-92,98-103H,5-19,24-35H2,1-4H3,(H,73,93)(H,74,94)(H,76,95)(H,77,96)(H,78,97)(H,79,104)(H,80,106)(H,81,105)(H,82,107)/t36-,37+,38+,41+,42-,43?,44+,45-,46+,47+,48+,54?,55?,56?,57?,58-,59-,60-,61-,62+,63+,64-,69?,70?/m0/s1. The second-order valence-corrected chi connectivity index (χ2v) is 29.8. The Hall–Kier alpha value is -7.45. The van der Waals surface area contributed by atoms with Crippen molar-refractivity contribution in [1.29, 1.82) is 0 Å². The summed E-state index contributed by atoms with van der Waals surface area (Å²) < 4.78 is 10.4. The van der Waals surface area contributed by atoms with Gasteiger partial charge in [-0.15, -0.1) is 0 Å². The van der Waals surface area contributed by atoms with E-state index in [9.17, 15) is 115 Å². The Labute approximate surface area is 643 Å². The van der Waals surface area contributed by atoms with Gasteiger partial charge < -0.3 is 139 Å². The summed E-state index contributed by atoms with van der Waals surface area (Å²) in [5.74, 6) is -10.4. The van der Waals surface area contributed by atoms with Crippen molar-refractivity contribution < 1.29 is 134 Å². The monoisotopic (exact) mass is 1580 g/mol. The van der Waals surface area contributed by atoms with Crippen molar-refractivity contribution in [3.63, 3.8) is 0 Å². The number of nitrogens with one attached hydrogen (secondary N) is 10. The minimum absolute atomic E-state index is 0.0541. The number of benzene rings is 1. The molecule has 0 bridgehead atoms. The van der Waals surface area contributed by atoms with Crippen molar-refractivity contribution in [2.75, 3.05) is 45.9 Å². The summed E-state index contributed by atoms with van der Waals surface area (Å²) in [6, 6.07) is -7.92. The Balaban J connectivity index is 1.31. The van der Waals surface area contributed by atoms with Crippen LogP contribution in [0.3, 0.4) is 0 Å². The van der Waals surface area contributed by atoms with Crippen molar-refractivity contribution in [3.05, 3.63) is 29.8 Å². The van der Waals surface area contributed by atoms with Gasteiger partial charge in [0.2, 0.25) is 65.0 Å². The van der Waals surface area contributed by atoms with Gasteiger partial charge in [-0.25, -0.2) is 0 Å². The molecular formula is C72H118N12O27. The van der Waals surface area contributed by atoms with E-state index in [-0.39, 0.29) is 82.4 Å². The number of ether oxygens (including phenoxy) is 2. The maximum absolute atomic E-state index is 15.3. The SMILES string of the molecule is CC[C@H](C)C[C@H](C)CCCCCCCCC(=O)N[C@H]1C[C@@H](O)[C@@H](NCCNC(=O)CCCC(=O)NC2OC[C@@H](O)[C@H](O)[C@H]2O)NC(=O)C2[C@@H](O)CCN2C(=O)C([C@H](O)CCNC(=O)CCCC(=O)NC2OC[C@@H](O)[C@H](O)[C@H]2O)NC(=O)C([C@H](O)[C@@H](O)c2ccc(O)cc2)NC(=O)C2C[C@@H](O)CN2C(=O)C([C@@H](C)O)NC1=O. The van der Waals surface area contributed by atoms with Crippen LogP contribution in [-0.2, 0) is 62.2 Å². The molecule has 1 aromatic carbocycles. The molecule has 5 aliphatic rings. The molecule has 5 fully saturated rings. The van der Waals surface area contributed by atoms with E-state index >= 15 is 9.59 Å². The fourth-order valence-corrected chi connectivity index (χ4v) is 14.0. The largest absolute Gasteiger partial charge is 0.508 e. The van der Waals surface area contributed by atoms with E-state index in [1.54, 1.807) is 0 Å². The van der Waals surface area contributed by atoms with E-state index in [1.807, 2.05) is 0 Å². The molecule has 5 saturated heterocycles. The number of amides is 11. The Morgan fingerprint density at radius 1 is 0.523 bits per heavy atom. The van der Waals surface area contributed by atoms with Crippen LogP contribution in [0, 0.1) is 11.8 Å². The fourth-order valence-electron chi connectivity index (χ4n) is 14.0. The van der Waals surface area contributed by atoms with Crippen LogP contribution in [0.25, 0.3) is 0 Å². The van der Waals surface area contributed by atoms with Crippen LogP contribution in [0.15, 0.2) is 24.3 Å². The molecule has 5 aliphatic heterocycles. The highest BCUT2D eigenvalue weighted by molar-refractivity contribution is 5.98. The molecule has 39 heteroatoms. The quantitative estimate of drug-likeness (QED) is 0.0281. The van der Waals surface area contributed by atoms with Crippen LogP contribution >= 0.6 is 0 Å². The number of unbranched alkanes of at least 4 members (excludes halogenated alkanes) is 5. The fraction of sp³-hybridized carbons (Fsp3) is 0.764. The lowest BCUT2D eigenvalue weighted by atomic mass is 9.91. The van der Waals surface area contributed by atoms with Gasteiger partial charge >= 0.3 is 0 Å². The minimum Gasteiger partial charge on any atom is -0.508 e. The molecule has 24 N–H and O–H groups in total. The number of rotatable bonds is 35. The molecule has 0 saturated carbocycles. The molecule has 5 heterocycles. The van der Waals surface area contributed by atoms with Crippen LogP contribution in [0.1, 0.15) is 168 Å². The maximum Gasteiger partial charge on any atom is 0.248 e. The molecular weight excluding hydrogens is 1460 g/mol. The number of aliphatic hydroxyl groups is 13. The molecule has 24 atom stereocenters. The maximum atomic E-state index is 15.3. The number of hydrogen-bond donors (Lipinski definition) is 24. The first kappa shape index (κ1) is 92.4. The third-order valence-corrected chi connectivity index (χ3v) is 20.7. The summed E-state index contributed by atoms with van der Waals surface area (Å²) in [6.07, 6.45) is -23.8. The second-order valence-electron chi connectivity index (χ2n) is 29.8. The number of aliphatic hydroxyl groups excluding tert-OH is 13. The Morgan fingerprint density at radius 2 is 1.05 bits per heavy atom. The number of aromatic hydroxyl groups is 1. The Kier molecular flexibility index (Phi) is 37.8. The molecule has 628 valence electrons. The zero-order valence-corrected chi connectivity index (χ0v) is 63.2. The van der Waals surface area contributed by atoms with E-state index in [1.165, 1.54) is 0 Å². The van der Waals surface area contributed by atoms with Crippen LogP contribution in [0.5, 0.6) is 5.75 Å². The average Bonchev–Trinajstić information content (AvgIpc) is 1.69. The smallest absolute Gasteiger partial charge is 0.248 e. The summed E-state index contributed by atoms with van der Waals surface area (Å²) in [5, 5.41) is 177. The highest BCUT2D eigenvalue weighted by Gasteiger charge is 2.50. The van der Waals surface area contributed by atoms with Crippen LogP contribution < -0.4 is 53.2 Å². The summed E-state index contributed by atoms with van der Waals surface area (Å²) >= 11 is 0. The van der Waals surface area contributed by atoms with Crippen molar-refractivity contribution in [1.82, 2.24) is 63.0 Å². The van der Waals surface area contributed by atoms with Gasteiger partial charge in [0, 0.05) is 77.7 Å². The molecule has 0 spiro atoms. The molecule has 111 heavy (non-hydrogen) atoms. The van der Waals surface area contributed by atoms with Gasteiger partial charge in [-0.3, -0.25) is 58.1 Å². The van der Waals surface area contributed by atoms with E-state index in [0.717, 1.165) is 85.9 Å². The van der Waals surface area contributed by atoms with Crippen LogP contribution in [0.4, 0.5) is 0 Å². The lowest BCUT2D eigenvalue weighted by Gasteiger charge is -2.35. The number of carbonyl (C=O) groups is 11. The van der Waals surface area contributed by atoms with Crippen molar-refractivity contribution in [2.45, 2.75) is 290 Å². The van der Waals surface area contributed by atoms with Gasteiger partial charge in [-0.2, -0.15) is 0 Å². The lowest BCUT2D eigenvalue weighted by molar-refractivity contribution is -0.196. The third kappa shape index (κ3) is 28.3. The molecule has 7 unspecified atom stereocenters. The van der Waals surface area contributed by atoms with Crippen LogP contribution in [0.2, 0.25) is 0 Å². The number of hydrogen-bond acceptors (Lipinski definition) is 28. The number of fused-ring (bicyclic) bond motifs is 2. The predicted octanol–water partition coefficient (Wildman–Crippen LogP) is -7.55. The van der Waals surface area contributed by atoms with E-state index < -0.39 is 245 Å². The number of phenols is 1. The van der Waals surface area contributed by atoms with E-state index in [2.05, 4.69) is 73.9 Å². The lowest BCUT2D eigenvalue weighted by Crippen LogP contribution is -2.65. The molecule has 0 radical (unpaired) electrons. The zero-order valence-electron chi connectivity index (χ0n) is 63.2. The second kappa shape index (κ2) is 45.4. The van der Waals surface area contributed by atoms with Gasteiger partial charge in [0.15, 0.2) is 12.5 Å². The van der Waals surface area contributed by atoms with Crippen molar-refractivity contribution >= 4 is 65.0 Å². The Morgan fingerprint density at radius 3 is 1.63 bits per heavy atom. The van der Waals surface area contributed by atoms with Gasteiger partial charge in [-0.1, -0.05) is 77.8 Å². The molecule has 0 aromatic heterocycles. The Bertz CT molecular complexity index is 3200. The topological polar surface area (TPSA) is 616 Å². The van der Waals surface area contributed by atoms with Crippen molar-refractivity contribution in [2.24, 2.45) is 11.8 Å². The van der Waals surface area contributed by atoms with Crippen molar-refractivity contribution in [3.8, 4) is 5.75 Å². The number of carbonyl (C=O) groups excluding carboxylic acids is 11. The summed E-state index contributed by atoms with van der Waals surface area (Å²) in [5.41, 5.74) is -0.166. The first-order valence-corrected chi connectivity index (χ1v) is 38.4. The van der Waals surface area contributed by atoms with Gasteiger partial charge in [0.05, 0.1) is 43.7 Å². The predicted molar refractivity (Wildman–Crippen MR) is 388 cm³/mol. The highest BCUT2D eigenvalue weighted by Crippen LogP contribution is 2.28.